The van der Waals surface area contributed by atoms with Gasteiger partial charge in [0.1, 0.15) is 24.2 Å². The number of halogens is 12. The Morgan fingerprint density at radius 2 is 0.853 bits per heavy atom. The summed E-state index contributed by atoms with van der Waals surface area (Å²) in [5, 5.41) is 3.79. The van der Waals surface area contributed by atoms with Gasteiger partial charge in [0.2, 0.25) is 0 Å². The van der Waals surface area contributed by atoms with E-state index >= 15 is 0 Å². The highest BCUT2D eigenvalue weighted by Crippen LogP contribution is 2.31. The molecule has 1 aliphatic rings. The van der Waals surface area contributed by atoms with Gasteiger partial charge < -0.3 is 10.6 Å². The SMILES string of the molecule is CN1CCC(C(F)(F)F)NCCC(C(F)(F)F)NCCC(C(F)(F)F)N(C)CCC1C(F)(F)F. The van der Waals surface area contributed by atoms with Crippen LogP contribution in [0.1, 0.15) is 25.7 Å². The van der Waals surface area contributed by atoms with Crippen molar-refractivity contribution in [1.82, 2.24) is 20.4 Å². The molecule has 1 rings (SSSR count). The lowest BCUT2D eigenvalue weighted by Crippen LogP contribution is -2.53. The molecule has 0 amide bonds. The topological polar surface area (TPSA) is 30.5 Å². The maximum atomic E-state index is 13.5. The maximum absolute atomic E-state index is 13.5. The van der Waals surface area contributed by atoms with Crippen molar-refractivity contribution in [3.05, 3.63) is 0 Å². The molecule has 0 saturated carbocycles. The van der Waals surface area contributed by atoms with E-state index in [4.69, 9.17) is 0 Å². The Morgan fingerprint density at radius 3 is 1.26 bits per heavy atom. The third-order valence-electron chi connectivity index (χ3n) is 5.77. The van der Waals surface area contributed by atoms with Crippen molar-refractivity contribution in [2.75, 3.05) is 40.3 Å². The van der Waals surface area contributed by atoms with E-state index < -0.39 is 101 Å². The second-order valence-electron chi connectivity index (χ2n) is 8.33. The molecule has 34 heavy (non-hydrogen) atoms. The minimum Gasteiger partial charge on any atom is -0.306 e. The molecule has 4 unspecified atom stereocenters. The van der Waals surface area contributed by atoms with Gasteiger partial charge in [-0.2, -0.15) is 52.7 Å². The van der Waals surface area contributed by atoms with Crippen LogP contribution in [-0.2, 0) is 0 Å². The van der Waals surface area contributed by atoms with Crippen LogP contribution in [0.25, 0.3) is 0 Å². The smallest absolute Gasteiger partial charge is 0.306 e. The molecule has 1 saturated heterocycles. The summed E-state index contributed by atoms with van der Waals surface area (Å²) in [5.74, 6) is 0. The van der Waals surface area contributed by atoms with Gasteiger partial charge in [-0.1, -0.05) is 0 Å². The fourth-order valence-electron chi connectivity index (χ4n) is 3.80. The molecule has 204 valence electrons. The number of nitrogens with zero attached hydrogens (tertiary/aromatic N) is 2. The average Bonchev–Trinajstić information content (AvgIpc) is 2.60. The monoisotopic (exact) mass is 528 g/mol. The van der Waals surface area contributed by atoms with Crippen molar-refractivity contribution in [1.29, 1.82) is 0 Å². The molecule has 4 nitrogen and oxygen atoms in total. The van der Waals surface area contributed by atoms with E-state index in [1.807, 2.05) is 10.6 Å². The molecule has 0 aliphatic carbocycles. The molecular formula is C18H28F12N4. The number of alkyl halides is 12. The summed E-state index contributed by atoms with van der Waals surface area (Å²) in [7, 11) is 1.80. The van der Waals surface area contributed by atoms with Crippen LogP contribution >= 0.6 is 0 Å². The van der Waals surface area contributed by atoms with Gasteiger partial charge in [0, 0.05) is 13.1 Å². The quantitative estimate of drug-likeness (QED) is 0.459. The first kappa shape index (κ1) is 31.0. The van der Waals surface area contributed by atoms with Crippen LogP contribution in [0.2, 0.25) is 0 Å². The first-order valence-electron chi connectivity index (χ1n) is 10.4. The zero-order valence-corrected chi connectivity index (χ0v) is 18.4. The van der Waals surface area contributed by atoms with Crippen LogP contribution in [0.4, 0.5) is 52.7 Å². The first-order chi connectivity index (χ1) is 15.2. The maximum Gasteiger partial charge on any atom is 0.404 e. The van der Waals surface area contributed by atoms with E-state index in [2.05, 4.69) is 0 Å². The van der Waals surface area contributed by atoms with Crippen molar-refractivity contribution in [2.45, 2.75) is 74.6 Å². The Hall–Kier alpha value is -1.00. The zero-order valence-electron chi connectivity index (χ0n) is 18.4. The number of nitrogens with one attached hydrogen (secondary N) is 2. The second-order valence-corrected chi connectivity index (χ2v) is 8.33. The van der Waals surface area contributed by atoms with Crippen molar-refractivity contribution < 1.29 is 52.7 Å². The van der Waals surface area contributed by atoms with Crippen molar-refractivity contribution in [3.8, 4) is 0 Å². The van der Waals surface area contributed by atoms with Gasteiger partial charge in [0.15, 0.2) is 0 Å². The molecule has 16 heteroatoms. The highest BCUT2D eigenvalue weighted by atomic mass is 19.4. The first-order valence-corrected chi connectivity index (χ1v) is 10.4. The molecule has 0 bridgehead atoms. The molecule has 2 N–H and O–H groups in total. The average molecular weight is 528 g/mol. The number of rotatable bonds is 0. The highest BCUT2D eigenvalue weighted by molar-refractivity contribution is 4.86. The third-order valence-corrected chi connectivity index (χ3v) is 5.77. The lowest BCUT2D eigenvalue weighted by Gasteiger charge is -2.35. The summed E-state index contributed by atoms with van der Waals surface area (Å²) in [4.78, 5) is 1.14. The van der Waals surface area contributed by atoms with E-state index in [-0.39, 0.29) is 0 Å². The van der Waals surface area contributed by atoms with Gasteiger partial charge in [0.05, 0.1) is 0 Å². The Morgan fingerprint density at radius 1 is 0.500 bits per heavy atom. The van der Waals surface area contributed by atoms with Crippen LogP contribution in [0.3, 0.4) is 0 Å². The molecule has 0 aromatic rings. The van der Waals surface area contributed by atoms with E-state index in [1.54, 1.807) is 0 Å². The minimum absolute atomic E-state index is 0.572. The van der Waals surface area contributed by atoms with Crippen LogP contribution in [0, 0.1) is 0 Å². The van der Waals surface area contributed by atoms with E-state index in [0.717, 1.165) is 14.1 Å². The van der Waals surface area contributed by atoms with Gasteiger partial charge in [-0.3, -0.25) is 9.80 Å². The summed E-state index contributed by atoms with van der Waals surface area (Å²) >= 11 is 0. The zero-order chi connectivity index (χ0) is 26.5. The highest BCUT2D eigenvalue weighted by Gasteiger charge is 2.47. The molecule has 1 aliphatic heterocycles. The van der Waals surface area contributed by atoms with Crippen molar-refractivity contribution in [3.63, 3.8) is 0 Å². The number of hydrogen-bond acceptors (Lipinski definition) is 4. The summed E-state index contributed by atoms with van der Waals surface area (Å²) in [6.07, 6.45) is -23.3. The number of hydrogen-bond donors (Lipinski definition) is 2. The van der Waals surface area contributed by atoms with Crippen molar-refractivity contribution in [2.24, 2.45) is 0 Å². The summed E-state index contributed by atoms with van der Waals surface area (Å²) in [6, 6.07) is -9.34. The summed E-state index contributed by atoms with van der Waals surface area (Å²) in [5.41, 5.74) is 0. The Balaban J connectivity index is 3.20. The molecule has 0 spiro atoms. The van der Waals surface area contributed by atoms with E-state index in [1.165, 1.54) is 0 Å². The molecule has 1 heterocycles. The fraction of sp³-hybridized carbons (Fsp3) is 1.00. The van der Waals surface area contributed by atoms with Gasteiger partial charge in [-0.15, -0.1) is 0 Å². The second kappa shape index (κ2) is 11.8. The molecule has 0 aromatic heterocycles. The Labute approximate surface area is 189 Å². The fourth-order valence-corrected chi connectivity index (χ4v) is 3.80. The normalized spacial score (nSPS) is 29.8. The Kier molecular flexibility index (Phi) is 10.8. The minimum atomic E-state index is -4.93. The molecule has 0 aromatic carbocycles. The van der Waals surface area contributed by atoms with Gasteiger partial charge in [0.25, 0.3) is 0 Å². The summed E-state index contributed by atoms with van der Waals surface area (Å²) in [6.45, 7) is -3.09. The van der Waals surface area contributed by atoms with Gasteiger partial charge in [-0.05, 0) is 52.9 Å². The van der Waals surface area contributed by atoms with Crippen LogP contribution in [-0.4, -0.2) is 98.9 Å². The molecular weight excluding hydrogens is 500 g/mol. The predicted octanol–water partition coefficient (Wildman–Crippen LogP) is 4.33. The van der Waals surface area contributed by atoms with Gasteiger partial charge in [-0.25, -0.2) is 0 Å². The largest absolute Gasteiger partial charge is 0.404 e. The lowest BCUT2D eigenvalue weighted by molar-refractivity contribution is -0.194. The lowest BCUT2D eigenvalue weighted by atomic mass is 10.1. The Bertz CT molecular complexity index is 602. The summed E-state index contributed by atoms with van der Waals surface area (Å²) < 4.78 is 160. The predicted molar refractivity (Wildman–Crippen MR) is 99.1 cm³/mol. The standard InChI is InChI=1S/C18H28F12N4/c1-33-9-5-12(16(22,23)24)31-7-3-11(15(19,20)21)32-8-4-13(17(25,26)27)34(2)10-6-14(33)18(28,29)30/h11-14,31-32H,3-10H2,1-2H3. The molecule has 0 radical (unpaired) electrons. The van der Waals surface area contributed by atoms with E-state index in [0.29, 0.717) is 9.80 Å². The van der Waals surface area contributed by atoms with E-state index in [9.17, 15) is 52.7 Å². The molecule has 4 atom stereocenters. The van der Waals surface area contributed by atoms with Crippen LogP contribution in [0.15, 0.2) is 0 Å². The van der Waals surface area contributed by atoms with Gasteiger partial charge >= 0.3 is 24.7 Å². The van der Waals surface area contributed by atoms with Crippen LogP contribution in [0.5, 0.6) is 0 Å². The van der Waals surface area contributed by atoms with Crippen LogP contribution < -0.4 is 10.6 Å². The molecule has 1 fully saturated rings. The van der Waals surface area contributed by atoms with Crippen molar-refractivity contribution >= 4 is 0 Å². The third kappa shape index (κ3) is 9.93.